The molecule has 1 saturated heterocycles. The molecule has 2 N–H and O–H groups in total. The molecule has 1 heterocycles. The van der Waals surface area contributed by atoms with E-state index >= 15 is 0 Å². The summed E-state index contributed by atoms with van der Waals surface area (Å²) in [5.74, 6) is -1.42. The molecule has 0 aromatic carbocycles. The number of carbonyl (C=O) groups excluding carboxylic acids is 2. The number of nitrogens with one attached hydrogen (secondary N) is 1. The molecule has 0 spiro atoms. The lowest BCUT2D eigenvalue weighted by Crippen LogP contribution is -2.52. The molecule has 7 nitrogen and oxygen atoms in total. The van der Waals surface area contributed by atoms with Gasteiger partial charge in [-0.3, -0.25) is 9.59 Å². The van der Waals surface area contributed by atoms with Gasteiger partial charge in [0.15, 0.2) is 0 Å². The Hall–Kier alpha value is -1.79. The fraction of sp³-hybridized carbons (Fsp3) is 0.786. The van der Waals surface area contributed by atoms with Crippen LogP contribution in [0.5, 0.6) is 0 Å². The number of hydrogen-bond donors (Lipinski definition) is 2. The standard InChI is InChI=1S/C14H25N3O4/c1-14(2,8-11(18)19)15-12(20)10-6-5-7-17(9-10)13(21)16(3)4/h10H,5-9H2,1-4H3,(H,15,20)(H,18,19). The molecule has 1 fully saturated rings. The fourth-order valence-electron chi connectivity index (χ4n) is 2.51. The third-order valence-corrected chi connectivity index (χ3v) is 3.50. The molecule has 0 saturated carbocycles. The van der Waals surface area contributed by atoms with E-state index < -0.39 is 11.5 Å². The minimum atomic E-state index is -0.951. The smallest absolute Gasteiger partial charge is 0.319 e. The molecule has 1 aliphatic heterocycles. The maximum absolute atomic E-state index is 12.3. The average molecular weight is 299 g/mol. The molecule has 3 amide bonds. The molecular weight excluding hydrogens is 274 g/mol. The van der Waals surface area contributed by atoms with E-state index in [0.717, 1.165) is 6.42 Å². The SMILES string of the molecule is CN(C)C(=O)N1CCCC(C(=O)NC(C)(C)CC(=O)O)C1. The summed E-state index contributed by atoms with van der Waals surface area (Å²) in [6.07, 6.45) is 1.36. The predicted octanol–water partition coefficient (Wildman–Crippen LogP) is 0.750. The van der Waals surface area contributed by atoms with Crippen LogP contribution in [0, 0.1) is 5.92 Å². The third-order valence-electron chi connectivity index (χ3n) is 3.50. The number of carboxylic acids is 1. The summed E-state index contributed by atoms with van der Waals surface area (Å²) in [4.78, 5) is 38.2. The van der Waals surface area contributed by atoms with Gasteiger partial charge >= 0.3 is 12.0 Å². The van der Waals surface area contributed by atoms with Crippen molar-refractivity contribution in [2.75, 3.05) is 27.2 Å². The van der Waals surface area contributed by atoms with Gasteiger partial charge in [-0.15, -0.1) is 0 Å². The zero-order chi connectivity index (χ0) is 16.2. The van der Waals surface area contributed by atoms with Crippen LogP contribution in [0.25, 0.3) is 0 Å². The van der Waals surface area contributed by atoms with Crippen molar-refractivity contribution in [2.24, 2.45) is 5.92 Å². The summed E-state index contributed by atoms with van der Waals surface area (Å²) >= 11 is 0. The Labute approximate surface area is 125 Å². The predicted molar refractivity (Wildman–Crippen MR) is 77.9 cm³/mol. The maximum Gasteiger partial charge on any atom is 0.319 e. The molecule has 21 heavy (non-hydrogen) atoms. The normalized spacial score (nSPS) is 19.0. The number of nitrogens with zero attached hydrogens (tertiary/aromatic N) is 2. The number of aliphatic carboxylic acids is 1. The van der Waals surface area contributed by atoms with Gasteiger partial charge in [-0.25, -0.2) is 4.79 Å². The van der Waals surface area contributed by atoms with E-state index in [9.17, 15) is 14.4 Å². The second-order valence-electron chi connectivity index (χ2n) is 6.41. The molecule has 7 heteroatoms. The number of rotatable bonds is 4. The first-order valence-corrected chi connectivity index (χ1v) is 7.12. The molecule has 1 atom stereocenters. The topological polar surface area (TPSA) is 90.0 Å². The van der Waals surface area contributed by atoms with Gasteiger partial charge in [-0.05, 0) is 26.7 Å². The number of amides is 3. The molecule has 0 aliphatic carbocycles. The first-order valence-electron chi connectivity index (χ1n) is 7.12. The summed E-state index contributed by atoms with van der Waals surface area (Å²) in [6, 6.07) is -0.0997. The first kappa shape index (κ1) is 17.3. The Kier molecular flexibility index (Phi) is 5.57. The first-order chi connectivity index (χ1) is 9.62. The van der Waals surface area contributed by atoms with E-state index in [-0.39, 0.29) is 24.3 Å². The van der Waals surface area contributed by atoms with E-state index in [2.05, 4.69) is 5.32 Å². The molecule has 0 aromatic heterocycles. The van der Waals surface area contributed by atoms with Crippen LogP contribution in [-0.2, 0) is 9.59 Å². The third kappa shape index (κ3) is 5.24. The zero-order valence-electron chi connectivity index (χ0n) is 13.2. The molecule has 0 bridgehead atoms. The number of carbonyl (C=O) groups is 3. The molecule has 0 radical (unpaired) electrons. The lowest BCUT2D eigenvalue weighted by Gasteiger charge is -2.35. The molecule has 120 valence electrons. The number of urea groups is 1. The Balaban J connectivity index is 2.62. The highest BCUT2D eigenvalue weighted by atomic mass is 16.4. The van der Waals surface area contributed by atoms with Crippen LogP contribution in [0.1, 0.15) is 33.1 Å². The summed E-state index contributed by atoms with van der Waals surface area (Å²) in [7, 11) is 3.37. The fourth-order valence-corrected chi connectivity index (χ4v) is 2.51. The van der Waals surface area contributed by atoms with Gasteiger partial charge in [0.1, 0.15) is 0 Å². The molecular formula is C14H25N3O4. The van der Waals surface area contributed by atoms with Crippen LogP contribution in [0.2, 0.25) is 0 Å². The van der Waals surface area contributed by atoms with Crippen LogP contribution in [0.4, 0.5) is 4.79 Å². The van der Waals surface area contributed by atoms with Crippen molar-refractivity contribution in [2.45, 2.75) is 38.6 Å². The van der Waals surface area contributed by atoms with Gasteiger partial charge in [-0.2, -0.15) is 0 Å². The van der Waals surface area contributed by atoms with Gasteiger partial charge in [0, 0.05) is 32.7 Å². The van der Waals surface area contributed by atoms with Crippen molar-refractivity contribution in [1.82, 2.24) is 15.1 Å². The van der Waals surface area contributed by atoms with Crippen LogP contribution in [-0.4, -0.2) is 65.5 Å². The second-order valence-corrected chi connectivity index (χ2v) is 6.41. The number of likely N-dealkylation sites (tertiary alicyclic amines) is 1. The van der Waals surface area contributed by atoms with Gasteiger partial charge in [0.25, 0.3) is 0 Å². The number of piperidine rings is 1. The summed E-state index contributed by atoms with van der Waals surface area (Å²) < 4.78 is 0. The van der Waals surface area contributed by atoms with Crippen LogP contribution < -0.4 is 5.32 Å². The highest BCUT2D eigenvalue weighted by Gasteiger charge is 2.32. The Morgan fingerprint density at radius 1 is 1.33 bits per heavy atom. The average Bonchev–Trinajstić information content (AvgIpc) is 2.35. The van der Waals surface area contributed by atoms with Crippen molar-refractivity contribution in [3.8, 4) is 0 Å². The highest BCUT2D eigenvalue weighted by Crippen LogP contribution is 2.19. The van der Waals surface area contributed by atoms with Gasteiger partial charge in [0.2, 0.25) is 5.91 Å². The van der Waals surface area contributed by atoms with Crippen molar-refractivity contribution in [3.63, 3.8) is 0 Å². The summed E-state index contributed by atoms with van der Waals surface area (Å²) in [5, 5.41) is 11.6. The quantitative estimate of drug-likeness (QED) is 0.801. The summed E-state index contributed by atoms with van der Waals surface area (Å²) in [6.45, 7) is 4.40. The van der Waals surface area contributed by atoms with E-state index in [1.807, 2.05) is 0 Å². The molecule has 0 aromatic rings. The van der Waals surface area contributed by atoms with Crippen LogP contribution in [0.15, 0.2) is 0 Å². The number of carboxylic acid groups (broad SMARTS) is 1. The molecule has 1 aliphatic rings. The van der Waals surface area contributed by atoms with Crippen LogP contribution >= 0.6 is 0 Å². The molecule has 1 unspecified atom stereocenters. The van der Waals surface area contributed by atoms with Crippen LogP contribution in [0.3, 0.4) is 0 Å². The lowest BCUT2D eigenvalue weighted by atomic mass is 9.94. The zero-order valence-corrected chi connectivity index (χ0v) is 13.2. The Morgan fingerprint density at radius 3 is 2.48 bits per heavy atom. The van der Waals surface area contributed by atoms with Crippen molar-refractivity contribution in [3.05, 3.63) is 0 Å². The molecule has 1 rings (SSSR count). The highest BCUT2D eigenvalue weighted by molar-refractivity contribution is 5.82. The lowest BCUT2D eigenvalue weighted by molar-refractivity contribution is -0.139. The monoisotopic (exact) mass is 299 g/mol. The van der Waals surface area contributed by atoms with E-state index in [1.54, 1.807) is 32.8 Å². The van der Waals surface area contributed by atoms with Crippen molar-refractivity contribution in [1.29, 1.82) is 0 Å². The minimum absolute atomic E-state index is 0.0997. The van der Waals surface area contributed by atoms with Gasteiger partial charge in [0.05, 0.1) is 12.3 Å². The van der Waals surface area contributed by atoms with Gasteiger partial charge < -0.3 is 20.2 Å². The van der Waals surface area contributed by atoms with Crippen molar-refractivity contribution >= 4 is 17.9 Å². The largest absolute Gasteiger partial charge is 0.481 e. The van der Waals surface area contributed by atoms with Crippen molar-refractivity contribution < 1.29 is 19.5 Å². The second kappa shape index (κ2) is 6.78. The van der Waals surface area contributed by atoms with E-state index in [0.29, 0.717) is 19.5 Å². The van der Waals surface area contributed by atoms with E-state index in [1.165, 1.54) is 4.90 Å². The van der Waals surface area contributed by atoms with E-state index in [4.69, 9.17) is 5.11 Å². The summed E-state index contributed by atoms with van der Waals surface area (Å²) in [5.41, 5.74) is -0.795. The maximum atomic E-state index is 12.3. The Bertz CT molecular complexity index is 420. The van der Waals surface area contributed by atoms with Gasteiger partial charge in [-0.1, -0.05) is 0 Å². The Morgan fingerprint density at radius 2 is 1.95 bits per heavy atom. The minimum Gasteiger partial charge on any atom is -0.481 e. The number of hydrogen-bond acceptors (Lipinski definition) is 3.